The SMILES string of the molecule is C=CC#Cc1ccccc1-c1ccc(C(=O)[C@@H]2CC2CC2CCCCN2C(=O)CI)c([C@H]2CCC2CCc2cccc(F)c2)n1. The molecule has 0 spiro atoms. The summed E-state index contributed by atoms with van der Waals surface area (Å²) in [7, 11) is 0. The van der Waals surface area contributed by atoms with Crippen LogP contribution in [0.5, 0.6) is 0 Å². The van der Waals surface area contributed by atoms with Crippen LogP contribution in [-0.2, 0) is 11.2 Å². The van der Waals surface area contributed by atoms with Crippen LogP contribution in [0, 0.1) is 35.4 Å². The number of carbonyl (C=O) groups is 2. The van der Waals surface area contributed by atoms with E-state index in [0.29, 0.717) is 16.3 Å². The van der Waals surface area contributed by atoms with Crippen molar-refractivity contribution in [3.05, 3.63) is 102 Å². The van der Waals surface area contributed by atoms with E-state index in [1.165, 1.54) is 6.07 Å². The number of carbonyl (C=O) groups excluding carboxylic acids is 2. The predicted octanol–water partition coefficient (Wildman–Crippen LogP) is 8.58. The molecule has 1 amide bonds. The number of ketones is 1. The van der Waals surface area contributed by atoms with Crippen LogP contribution in [0.25, 0.3) is 11.3 Å². The van der Waals surface area contributed by atoms with E-state index < -0.39 is 0 Å². The maximum atomic E-state index is 14.2. The second-order valence-corrected chi connectivity index (χ2v) is 13.6. The number of halogens is 2. The molecular formula is C39H40FIN2O2. The lowest BCUT2D eigenvalue weighted by atomic mass is 9.68. The molecule has 1 saturated heterocycles. The molecule has 4 nitrogen and oxygen atoms in total. The number of aromatic nitrogens is 1. The smallest absolute Gasteiger partial charge is 0.232 e. The largest absolute Gasteiger partial charge is 0.339 e. The number of allylic oxidation sites excluding steroid dienone is 1. The van der Waals surface area contributed by atoms with E-state index in [9.17, 15) is 14.0 Å². The third-order valence-corrected chi connectivity index (χ3v) is 10.7. The Morgan fingerprint density at radius 1 is 1.04 bits per heavy atom. The Hall–Kier alpha value is -3.31. The van der Waals surface area contributed by atoms with Crippen molar-refractivity contribution in [2.75, 3.05) is 11.0 Å². The molecule has 1 aliphatic heterocycles. The van der Waals surface area contributed by atoms with Gasteiger partial charge in [-0.25, -0.2) is 4.39 Å². The molecule has 2 heterocycles. The molecule has 3 unspecified atom stereocenters. The van der Waals surface area contributed by atoms with Crippen LogP contribution in [0.3, 0.4) is 0 Å². The molecular weight excluding hydrogens is 674 g/mol. The van der Waals surface area contributed by atoms with Crippen LogP contribution in [0.4, 0.5) is 4.39 Å². The van der Waals surface area contributed by atoms with Crippen molar-refractivity contribution in [2.45, 2.75) is 69.7 Å². The second kappa shape index (κ2) is 14.4. The molecule has 2 aliphatic carbocycles. The van der Waals surface area contributed by atoms with Gasteiger partial charge in [-0.3, -0.25) is 14.6 Å². The normalized spacial score (nSPS) is 23.8. The molecule has 2 saturated carbocycles. The number of Topliss-reactive ketones (excluding diaryl/α,β-unsaturated/α-hetero) is 1. The summed E-state index contributed by atoms with van der Waals surface area (Å²) >= 11 is 2.16. The van der Waals surface area contributed by atoms with Crippen molar-refractivity contribution in [1.29, 1.82) is 0 Å². The number of nitrogens with zero attached hydrogens (tertiary/aromatic N) is 2. The van der Waals surface area contributed by atoms with Gasteiger partial charge in [0.25, 0.3) is 0 Å². The number of amides is 1. The number of piperidine rings is 1. The van der Waals surface area contributed by atoms with Crippen molar-refractivity contribution < 1.29 is 14.0 Å². The second-order valence-electron chi connectivity index (χ2n) is 12.8. The molecule has 0 N–H and O–H groups in total. The summed E-state index contributed by atoms with van der Waals surface area (Å²) in [5, 5.41) is 0. The van der Waals surface area contributed by atoms with Crippen LogP contribution in [0.1, 0.15) is 84.5 Å². The summed E-state index contributed by atoms with van der Waals surface area (Å²) in [4.78, 5) is 34.1. The molecule has 5 atom stereocenters. The summed E-state index contributed by atoms with van der Waals surface area (Å²) in [6.45, 7) is 4.57. The fraction of sp³-hybridized carbons (Fsp3) is 0.410. The van der Waals surface area contributed by atoms with Gasteiger partial charge in [-0.05, 0) is 112 Å². The number of rotatable bonds is 10. The average Bonchev–Trinajstić information content (AvgIpc) is 3.82. The Labute approximate surface area is 280 Å². The van der Waals surface area contributed by atoms with Crippen molar-refractivity contribution in [3.63, 3.8) is 0 Å². The molecule has 3 aliphatic rings. The van der Waals surface area contributed by atoms with Gasteiger partial charge in [0.2, 0.25) is 5.91 Å². The first kappa shape index (κ1) is 31.7. The fourth-order valence-electron chi connectivity index (χ4n) is 7.41. The van der Waals surface area contributed by atoms with Crippen molar-refractivity contribution in [3.8, 4) is 23.1 Å². The maximum absolute atomic E-state index is 14.2. The Morgan fingerprint density at radius 2 is 1.91 bits per heavy atom. The van der Waals surface area contributed by atoms with E-state index in [2.05, 4.69) is 45.9 Å². The van der Waals surface area contributed by atoms with Gasteiger partial charge >= 0.3 is 0 Å². The molecule has 6 rings (SSSR count). The fourth-order valence-corrected chi connectivity index (χ4v) is 7.85. The minimum absolute atomic E-state index is 0.00792. The van der Waals surface area contributed by atoms with Gasteiger partial charge in [0.15, 0.2) is 5.78 Å². The van der Waals surface area contributed by atoms with Gasteiger partial charge in [-0.2, -0.15) is 0 Å². The number of likely N-dealkylation sites (tertiary alicyclic amines) is 1. The minimum Gasteiger partial charge on any atom is -0.339 e. The molecule has 0 radical (unpaired) electrons. The van der Waals surface area contributed by atoms with Crippen LogP contribution >= 0.6 is 22.6 Å². The zero-order valence-corrected chi connectivity index (χ0v) is 27.8. The van der Waals surface area contributed by atoms with Gasteiger partial charge in [0, 0.05) is 41.1 Å². The number of hydrogen-bond acceptors (Lipinski definition) is 3. The van der Waals surface area contributed by atoms with E-state index in [4.69, 9.17) is 4.98 Å². The van der Waals surface area contributed by atoms with Gasteiger partial charge in [0.05, 0.1) is 15.8 Å². The lowest BCUT2D eigenvalue weighted by Gasteiger charge is -2.37. The zero-order valence-electron chi connectivity index (χ0n) is 25.7. The summed E-state index contributed by atoms with van der Waals surface area (Å²) in [6, 6.07) is 19.1. The lowest BCUT2D eigenvalue weighted by Crippen LogP contribution is -2.44. The van der Waals surface area contributed by atoms with Gasteiger partial charge < -0.3 is 4.90 Å². The number of alkyl halides is 1. The molecule has 232 valence electrons. The molecule has 3 aromatic rings. The summed E-state index contributed by atoms with van der Waals surface area (Å²) < 4.78 is 14.4. The van der Waals surface area contributed by atoms with E-state index in [1.807, 2.05) is 42.5 Å². The highest BCUT2D eigenvalue weighted by Gasteiger charge is 2.47. The summed E-state index contributed by atoms with van der Waals surface area (Å²) in [5.41, 5.74) is 5.33. The first-order valence-corrected chi connectivity index (χ1v) is 17.9. The molecule has 3 fully saturated rings. The Bertz CT molecular complexity index is 1640. The molecule has 2 aromatic carbocycles. The van der Waals surface area contributed by atoms with Crippen molar-refractivity contribution in [2.24, 2.45) is 17.8 Å². The van der Waals surface area contributed by atoms with E-state index in [0.717, 1.165) is 98.0 Å². The van der Waals surface area contributed by atoms with E-state index in [1.54, 1.807) is 18.2 Å². The number of hydrogen-bond donors (Lipinski definition) is 0. The minimum atomic E-state index is -0.202. The summed E-state index contributed by atoms with van der Waals surface area (Å²) in [5.74, 6) is 7.26. The first-order valence-electron chi connectivity index (χ1n) is 16.3. The summed E-state index contributed by atoms with van der Waals surface area (Å²) in [6.07, 6.45) is 10.4. The average molecular weight is 715 g/mol. The highest BCUT2D eigenvalue weighted by Crippen LogP contribution is 2.50. The topological polar surface area (TPSA) is 50.3 Å². The van der Waals surface area contributed by atoms with Crippen LogP contribution in [0.15, 0.2) is 73.3 Å². The highest BCUT2D eigenvalue weighted by atomic mass is 127. The van der Waals surface area contributed by atoms with Crippen LogP contribution < -0.4 is 0 Å². The standard InChI is InChI=1S/C39H40FIN2O2/c1-2-3-10-27-11-4-5-14-32(27)36-20-19-34(38(42-36)33-18-17-28(33)16-15-26-9-8-12-30(40)22-26)39(45)35-24-29(35)23-31-13-6-7-21-43(31)37(44)25-41/h2,4-5,8-9,11-12,14,19-20,22,28-29,31,33,35H,1,6-7,13,15-18,21,23-25H2/t28?,29?,31?,33-,35+/m0/s1. The Kier molecular flexibility index (Phi) is 10.1. The monoisotopic (exact) mass is 714 g/mol. The van der Waals surface area contributed by atoms with Gasteiger partial charge in [-0.15, -0.1) is 0 Å². The van der Waals surface area contributed by atoms with E-state index in [-0.39, 0.29) is 35.4 Å². The number of aryl methyl sites for hydroxylation is 1. The Morgan fingerprint density at radius 3 is 2.69 bits per heavy atom. The number of pyridine rings is 1. The first-order chi connectivity index (χ1) is 22.0. The third kappa shape index (κ3) is 7.25. The van der Waals surface area contributed by atoms with E-state index >= 15 is 0 Å². The van der Waals surface area contributed by atoms with Gasteiger partial charge in [-0.1, -0.05) is 71.3 Å². The molecule has 45 heavy (non-hydrogen) atoms. The number of benzene rings is 2. The van der Waals surface area contributed by atoms with Gasteiger partial charge in [0.1, 0.15) is 5.82 Å². The Balaban J connectivity index is 1.26. The predicted molar refractivity (Wildman–Crippen MR) is 186 cm³/mol. The quantitative estimate of drug-likeness (QED) is 0.0916. The molecule has 6 heteroatoms. The highest BCUT2D eigenvalue weighted by molar-refractivity contribution is 14.1. The van der Waals surface area contributed by atoms with Crippen molar-refractivity contribution in [1.82, 2.24) is 9.88 Å². The van der Waals surface area contributed by atoms with Crippen molar-refractivity contribution >= 4 is 34.3 Å². The lowest BCUT2D eigenvalue weighted by molar-refractivity contribution is -0.131. The maximum Gasteiger partial charge on any atom is 0.232 e. The molecule has 0 bridgehead atoms. The third-order valence-electron chi connectivity index (χ3n) is 10.1. The molecule has 1 aromatic heterocycles. The van der Waals surface area contributed by atoms with Crippen LogP contribution in [-0.4, -0.2) is 38.6 Å². The zero-order chi connectivity index (χ0) is 31.3. The van der Waals surface area contributed by atoms with Crippen LogP contribution in [0.2, 0.25) is 0 Å².